The highest BCUT2D eigenvalue weighted by atomic mass is 32.2. The van der Waals surface area contributed by atoms with Gasteiger partial charge in [0.15, 0.2) is 5.96 Å². The van der Waals surface area contributed by atoms with E-state index in [1.165, 1.54) is 5.69 Å². The van der Waals surface area contributed by atoms with E-state index in [0.717, 1.165) is 37.8 Å². The maximum absolute atomic E-state index is 4.29. The fourth-order valence-electron chi connectivity index (χ4n) is 2.41. The van der Waals surface area contributed by atoms with E-state index in [9.17, 15) is 0 Å². The lowest BCUT2D eigenvalue weighted by atomic mass is 10.3. The van der Waals surface area contributed by atoms with Gasteiger partial charge in [-0.3, -0.25) is 4.99 Å². The van der Waals surface area contributed by atoms with E-state index in [0.29, 0.717) is 6.04 Å². The van der Waals surface area contributed by atoms with E-state index in [2.05, 4.69) is 57.1 Å². The molecule has 1 aliphatic rings. The lowest BCUT2D eigenvalue weighted by Crippen LogP contribution is -2.45. The molecule has 0 aliphatic carbocycles. The van der Waals surface area contributed by atoms with Crippen LogP contribution in [-0.2, 0) is 0 Å². The highest BCUT2D eigenvalue weighted by Gasteiger charge is 2.23. The van der Waals surface area contributed by atoms with Crippen LogP contribution in [0.25, 0.3) is 0 Å². The second kappa shape index (κ2) is 8.04. The molecule has 4 nitrogen and oxygen atoms in total. The van der Waals surface area contributed by atoms with Crippen LogP contribution < -0.4 is 15.5 Å². The smallest absolute Gasteiger partial charge is 0.191 e. The van der Waals surface area contributed by atoms with Gasteiger partial charge < -0.3 is 15.5 Å². The summed E-state index contributed by atoms with van der Waals surface area (Å²) in [5.74, 6) is 2.01. The molecule has 1 aliphatic heterocycles. The van der Waals surface area contributed by atoms with Crippen molar-refractivity contribution < 1.29 is 0 Å². The summed E-state index contributed by atoms with van der Waals surface area (Å²) in [6.07, 6.45) is 3.27. The Hall–Kier alpha value is -1.36. The summed E-state index contributed by atoms with van der Waals surface area (Å²) in [6.45, 7) is 3.09. The molecule has 2 N–H and O–H groups in total. The van der Waals surface area contributed by atoms with Gasteiger partial charge in [0, 0.05) is 44.2 Å². The zero-order valence-electron chi connectivity index (χ0n) is 12.3. The van der Waals surface area contributed by atoms with Crippen molar-refractivity contribution in [2.45, 2.75) is 12.5 Å². The zero-order valence-corrected chi connectivity index (χ0v) is 13.1. The van der Waals surface area contributed by atoms with Crippen LogP contribution in [0.2, 0.25) is 0 Å². The average molecular weight is 292 g/mol. The van der Waals surface area contributed by atoms with E-state index in [4.69, 9.17) is 0 Å². The van der Waals surface area contributed by atoms with Crippen LogP contribution in [0.5, 0.6) is 0 Å². The number of nitrogens with zero attached hydrogens (tertiary/aromatic N) is 2. The lowest BCUT2D eigenvalue weighted by molar-refractivity contribution is 0.652. The third-order valence-electron chi connectivity index (χ3n) is 3.47. The molecule has 0 spiro atoms. The Bertz CT molecular complexity index is 421. The number of guanidine groups is 1. The zero-order chi connectivity index (χ0) is 14.2. The van der Waals surface area contributed by atoms with Gasteiger partial charge in [0.1, 0.15) is 0 Å². The van der Waals surface area contributed by atoms with Gasteiger partial charge in [0.05, 0.1) is 0 Å². The summed E-state index contributed by atoms with van der Waals surface area (Å²) in [4.78, 5) is 6.71. The van der Waals surface area contributed by atoms with Crippen molar-refractivity contribution in [3.05, 3.63) is 30.3 Å². The minimum absolute atomic E-state index is 0.468. The second-order valence-electron chi connectivity index (χ2n) is 4.90. The van der Waals surface area contributed by atoms with Gasteiger partial charge in [-0.2, -0.15) is 11.8 Å². The van der Waals surface area contributed by atoms with Crippen LogP contribution in [0.15, 0.2) is 35.3 Å². The molecular formula is C15H24N4S. The highest BCUT2D eigenvalue weighted by Crippen LogP contribution is 2.19. The largest absolute Gasteiger partial charge is 0.369 e. The van der Waals surface area contributed by atoms with Gasteiger partial charge in [-0.25, -0.2) is 0 Å². The topological polar surface area (TPSA) is 39.7 Å². The van der Waals surface area contributed by atoms with Crippen LogP contribution in [-0.4, -0.2) is 50.7 Å². The number of rotatable bonds is 5. The number of thioether (sulfide) groups is 1. The first-order chi connectivity index (χ1) is 9.83. The number of nitrogens with one attached hydrogen (secondary N) is 2. The van der Waals surface area contributed by atoms with Crippen LogP contribution in [0, 0.1) is 0 Å². The third-order valence-corrected chi connectivity index (χ3v) is 4.09. The van der Waals surface area contributed by atoms with Crippen molar-refractivity contribution in [1.29, 1.82) is 0 Å². The Kier molecular flexibility index (Phi) is 6.05. The van der Waals surface area contributed by atoms with Crippen LogP contribution >= 0.6 is 11.8 Å². The minimum Gasteiger partial charge on any atom is -0.369 e. The van der Waals surface area contributed by atoms with E-state index >= 15 is 0 Å². The Morgan fingerprint density at radius 1 is 1.40 bits per heavy atom. The molecule has 1 saturated heterocycles. The Labute approximate surface area is 126 Å². The Morgan fingerprint density at radius 2 is 2.20 bits per heavy atom. The molecule has 1 unspecified atom stereocenters. The minimum atomic E-state index is 0.468. The molecule has 1 aromatic rings. The van der Waals surface area contributed by atoms with Gasteiger partial charge >= 0.3 is 0 Å². The number of anilines is 1. The van der Waals surface area contributed by atoms with E-state index < -0.39 is 0 Å². The van der Waals surface area contributed by atoms with Crippen molar-refractivity contribution in [1.82, 2.24) is 10.6 Å². The molecule has 2 rings (SSSR count). The normalized spacial score (nSPS) is 19.2. The summed E-state index contributed by atoms with van der Waals surface area (Å²) in [5.41, 5.74) is 1.31. The molecule has 1 atom stereocenters. The first-order valence-electron chi connectivity index (χ1n) is 7.09. The first kappa shape index (κ1) is 15.0. The average Bonchev–Trinajstić information content (AvgIpc) is 2.96. The molecular weight excluding hydrogens is 268 g/mol. The van der Waals surface area contributed by atoms with Crippen LogP contribution in [0.4, 0.5) is 5.69 Å². The van der Waals surface area contributed by atoms with Crippen molar-refractivity contribution in [3.8, 4) is 0 Å². The fraction of sp³-hybridized carbons (Fsp3) is 0.533. The first-order valence-corrected chi connectivity index (χ1v) is 8.49. The summed E-state index contributed by atoms with van der Waals surface area (Å²) < 4.78 is 0. The fourth-order valence-corrected chi connectivity index (χ4v) is 2.72. The van der Waals surface area contributed by atoms with Gasteiger partial charge in [-0.1, -0.05) is 18.2 Å². The van der Waals surface area contributed by atoms with E-state index in [-0.39, 0.29) is 0 Å². The maximum Gasteiger partial charge on any atom is 0.191 e. The van der Waals surface area contributed by atoms with Crippen molar-refractivity contribution in [2.75, 3.05) is 43.6 Å². The van der Waals surface area contributed by atoms with Crippen LogP contribution in [0.3, 0.4) is 0 Å². The summed E-state index contributed by atoms with van der Waals surface area (Å²) in [6, 6.07) is 11.1. The lowest BCUT2D eigenvalue weighted by Gasteiger charge is -2.20. The van der Waals surface area contributed by atoms with Gasteiger partial charge in [0.25, 0.3) is 0 Å². The molecule has 0 radical (unpaired) electrons. The Balaban J connectivity index is 1.80. The number of hydrogen-bond acceptors (Lipinski definition) is 3. The number of aliphatic imine (C=N–C) groups is 1. The molecule has 110 valence electrons. The predicted octanol–water partition coefficient (Wildman–Crippen LogP) is 1.79. The summed E-state index contributed by atoms with van der Waals surface area (Å²) in [7, 11) is 1.83. The molecule has 0 saturated carbocycles. The van der Waals surface area contributed by atoms with E-state index in [1.54, 1.807) is 0 Å². The van der Waals surface area contributed by atoms with Crippen molar-refractivity contribution >= 4 is 23.4 Å². The molecule has 0 amide bonds. The van der Waals surface area contributed by atoms with Gasteiger partial charge in [-0.05, 0) is 24.8 Å². The van der Waals surface area contributed by atoms with Gasteiger partial charge in [0.2, 0.25) is 0 Å². The molecule has 0 aromatic heterocycles. The summed E-state index contributed by atoms with van der Waals surface area (Å²) in [5, 5.41) is 6.86. The molecule has 1 fully saturated rings. The van der Waals surface area contributed by atoms with Gasteiger partial charge in [-0.15, -0.1) is 0 Å². The van der Waals surface area contributed by atoms with Crippen LogP contribution in [0.1, 0.15) is 6.42 Å². The molecule has 5 heteroatoms. The standard InChI is InChI=1S/C15H24N4S/c1-16-15(17-9-11-20-2)18-13-8-10-19(12-13)14-6-4-3-5-7-14/h3-7,13H,8-12H2,1-2H3,(H2,16,17,18). The Morgan fingerprint density at radius 3 is 2.90 bits per heavy atom. The molecule has 1 aromatic carbocycles. The second-order valence-corrected chi connectivity index (χ2v) is 5.89. The number of para-hydroxylation sites is 1. The van der Waals surface area contributed by atoms with Crippen molar-refractivity contribution in [2.24, 2.45) is 4.99 Å². The SMILES string of the molecule is CN=C(NCCSC)NC1CCN(c2ccccc2)C1. The monoisotopic (exact) mass is 292 g/mol. The molecule has 0 bridgehead atoms. The predicted molar refractivity (Wildman–Crippen MR) is 89.9 cm³/mol. The molecule has 1 heterocycles. The molecule has 20 heavy (non-hydrogen) atoms. The number of benzene rings is 1. The summed E-state index contributed by atoms with van der Waals surface area (Å²) >= 11 is 1.84. The third kappa shape index (κ3) is 4.34. The van der Waals surface area contributed by atoms with E-state index in [1.807, 2.05) is 18.8 Å². The van der Waals surface area contributed by atoms with Crippen molar-refractivity contribution in [3.63, 3.8) is 0 Å². The maximum atomic E-state index is 4.29. The quantitative estimate of drug-likeness (QED) is 0.493. The highest BCUT2D eigenvalue weighted by molar-refractivity contribution is 7.98. The number of hydrogen-bond donors (Lipinski definition) is 2.